The molecule has 2 aromatic rings. The van der Waals surface area contributed by atoms with Gasteiger partial charge in [-0.15, -0.1) is 11.3 Å². The van der Waals surface area contributed by atoms with Gasteiger partial charge in [0.15, 0.2) is 0 Å². The van der Waals surface area contributed by atoms with Gasteiger partial charge in [-0.1, -0.05) is 6.07 Å². The van der Waals surface area contributed by atoms with E-state index in [-0.39, 0.29) is 6.04 Å². The van der Waals surface area contributed by atoms with Gasteiger partial charge in [-0.3, -0.25) is 4.90 Å². The van der Waals surface area contributed by atoms with Gasteiger partial charge in [0, 0.05) is 51.7 Å². The third-order valence-electron chi connectivity index (χ3n) is 4.53. The van der Waals surface area contributed by atoms with Gasteiger partial charge < -0.3 is 9.47 Å². The monoisotopic (exact) mass is 368 g/mol. The Morgan fingerprint density at radius 3 is 2.50 bits per heavy atom. The minimum absolute atomic E-state index is 0.0356. The average molecular weight is 369 g/mol. The molecular weight excluding hydrogens is 344 g/mol. The maximum atomic E-state index is 12.5. The quantitative estimate of drug-likeness (QED) is 0.836. The molecule has 0 aromatic carbocycles. The summed E-state index contributed by atoms with van der Waals surface area (Å²) in [7, 11) is 0.682. The number of hydrogen-bond acceptors (Lipinski definition) is 5. The van der Waals surface area contributed by atoms with Gasteiger partial charge in [-0.25, -0.2) is 13.1 Å². The molecule has 1 fully saturated rings. The summed E-state index contributed by atoms with van der Waals surface area (Å²) in [6.45, 7) is 4.25. The highest BCUT2D eigenvalue weighted by Crippen LogP contribution is 2.23. The molecule has 0 saturated carbocycles. The Hall–Kier alpha value is -1.19. The molecule has 1 saturated heterocycles. The molecule has 0 amide bonds. The molecule has 24 heavy (non-hydrogen) atoms. The second kappa shape index (κ2) is 7.37. The number of rotatable bonds is 6. The van der Waals surface area contributed by atoms with Gasteiger partial charge in [0.1, 0.15) is 4.21 Å². The van der Waals surface area contributed by atoms with Gasteiger partial charge in [0.05, 0.1) is 6.04 Å². The summed E-state index contributed by atoms with van der Waals surface area (Å²) in [6.07, 6.45) is 2.01. The fourth-order valence-corrected chi connectivity index (χ4v) is 5.13. The molecular formula is C16H24N4O2S2. The number of hydrogen-bond donors (Lipinski definition) is 1. The lowest BCUT2D eigenvalue weighted by Gasteiger charge is -2.38. The zero-order valence-electron chi connectivity index (χ0n) is 14.1. The predicted octanol–water partition coefficient (Wildman–Crippen LogP) is 1.35. The van der Waals surface area contributed by atoms with Crippen LogP contribution in [0.15, 0.2) is 40.1 Å². The van der Waals surface area contributed by atoms with Crippen LogP contribution in [0.3, 0.4) is 0 Å². The maximum Gasteiger partial charge on any atom is 0.250 e. The fourth-order valence-electron chi connectivity index (χ4n) is 3.05. The van der Waals surface area contributed by atoms with Gasteiger partial charge in [-0.05, 0) is 30.6 Å². The van der Waals surface area contributed by atoms with Crippen molar-refractivity contribution in [3.8, 4) is 0 Å². The number of nitrogens with zero attached hydrogens (tertiary/aromatic N) is 3. The van der Waals surface area contributed by atoms with Crippen molar-refractivity contribution in [3.63, 3.8) is 0 Å². The average Bonchev–Trinajstić information content (AvgIpc) is 3.22. The number of nitrogens with one attached hydrogen (secondary N) is 1. The number of aromatic nitrogens is 1. The van der Waals surface area contributed by atoms with Crippen molar-refractivity contribution in [1.29, 1.82) is 0 Å². The number of aryl methyl sites for hydroxylation is 1. The summed E-state index contributed by atoms with van der Waals surface area (Å²) >= 11 is 1.24. The normalized spacial score (nSPS) is 18.8. The highest BCUT2D eigenvalue weighted by atomic mass is 32.2. The van der Waals surface area contributed by atoms with E-state index in [1.54, 1.807) is 17.5 Å². The van der Waals surface area contributed by atoms with Crippen LogP contribution < -0.4 is 4.72 Å². The van der Waals surface area contributed by atoms with Crippen LogP contribution in [0.5, 0.6) is 0 Å². The van der Waals surface area contributed by atoms with Crippen LogP contribution in [0, 0.1) is 0 Å². The first-order chi connectivity index (χ1) is 11.5. The molecule has 1 N–H and O–H groups in total. The summed E-state index contributed by atoms with van der Waals surface area (Å²) in [4.78, 5) is 4.67. The lowest BCUT2D eigenvalue weighted by atomic mass is 10.1. The van der Waals surface area contributed by atoms with Crippen LogP contribution in [0.25, 0.3) is 0 Å². The molecule has 3 heterocycles. The SMILES string of the molecule is CN1CCN([C@@H](CNS(=O)(=O)c2cccs2)c2cccn2C)CC1. The Balaban J connectivity index is 1.77. The number of thiophene rings is 1. The van der Waals surface area contributed by atoms with E-state index in [2.05, 4.69) is 32.2 Å². The molecule has 1 aliphatic heterocycles. The van der Waals surface area contributed by atoms with Gasteiger partial charge in [0.25, 0.3) is 0 Å². The summed E-state index contributed by atoms with van der Waals surface area (Å²) < 4.78 is 30.1. The Morgan fingerprint density at radius 1 is 1.17 bits per heavy atom. The Kier molecular flexibility index (Phi) is 5.41. The third-order valence-corrected chi connectivity index (χ3v) is 7.35. The summed E-state index contributed by atoms with van der Waals surface area (Å²) in [5, 5.41) is 1.78. The standard InChI is InChI=1S/C16H24N4O2S2/c1-18-8-10-20(11-9-18)15(14-5-3-7-19(14)2)13-17-24(21,22)16-6-4-12-23-16/h3-7,12,15,17H,8-11,13H2,1-2H3/t15-/m0/s1. The lowest BCUT2D eigenvalue weighted by molar-refractivity contribution is 0.109. The summed E-state index contributed by atoms with van der Waals surface area (Å²) in [5.74, 6) is 0. The van der Waals surface area contributed by atoms with E-state index in [0.717, 1.165) is 31.9 Å². The Morgan fingerprint density at radius 2 is 1.92 bits per heavy atom. The first-order valence-corrected chi connectivity index (χ1v) is 10.4. The summed E-state index contributed by atoms with van der Waals surface area (Å²) in [5.41, 5.74) is 1.13. The van der Waals surface area contributed by atoms with Gasteiger partial charge in [-0.2, -0.15) is 0 Å². The number of sulfonamides is 1. The smallest absolute Gasteiger partial charge is 0.250 e. The van der Waals surface area contributed by atoms with Crippen LogP contribution in [0.1, 0.15) is 11.7 Å². The van der Waals surface area contributed by atoms with E-state index in [9.17, 15) is 8.42 Å². The molecule has 3 rings (SSSR count). The van der Waals surface area contributed by atoms with Crippen molar-refractivity contribution in [1.82, 2.24) is 19.1 Å². The highest BCUT2D eigenvalue weighted by molar-refractivity contribution is 7.91. The van der Waals surface area contributed by atoms with Crippen molar-refractivity contribution >= 4 is 21.4 Å². The van der Waals surface area contributed by atoms with Crippen LogP contribution in [0.2, 0.25) is 0 Å². The zero-order valence-corrected chi connectivity index (χ0v) is 15.7. The van der Waals surface area contributed by atoms with E-state index in [0.29, 0.717) is 10.8 Å². The molecule has 8 heteroatoms. The van der Waals surface area contributed by atoms with E-state index in [1.165, 1.54) is 11.3 Å². The van der Waals surface area contributed by atoms with E-state index >= 15 is 0 Å². The molecule has 0 unspecified atom stereocenters. The first-order valence-electron chi connectivity index (χ1n) is 8.04. The van der Waals surface area contributed by atoms with Crippen LogP contribution in [-0.2, 0) is 17.1 Å². The Bertz CT molecular complexity index is 747. The van der Waals surface area contributed by atoms with Crippen molar-refractivity contribution in [2.45, 2.75) is 10.3 Å². The second-order valence-corrected chi connectivity index (χ2v) is 9.12. The molecule has 0 spiro atoms. The third kappa shape index (κ3) is 3.89. The van der Waals surface area contributed by atoms with Crippen molar-refractivity contribution in [2.75, 3.05) is 39.8 Å². The number of likely N-dealkylation sites (N-methyl/N-ethyl adjacent to an activating group) is 1. The van der Waals surface area contributed by atoms with Crippen molar-refractivity contribution in [2.24, 2.45) is 7.05 Å². The summed E-state index contributed by atoms with van der Waals surface area (Å²) in [6, 6.07) is 7.51. The maximum absolute atomic E-state index is 12.5. The second-order valence-electron chi connectivity index (χ2n) is 6.18. The number of piperazine rings is 1. The van der Waals surface area contributed by atoms with Crippen LogP contribution in [-0.4, -0.2) is 62.6 Å². The fraction of sp³-hybridized carbons (Fsp3) is 0.500. The van der Waals surface area contributed by atoms with E-state index in [4.69, 9.17) is 0 Å². The predicted molar refractivity (Wildman–Crippen MR) is 96.7 cm³/mol. The van der Waals surface area contributed by atoms with Gasteiger partial charge >= 0.3 is 0 Å². The van der Waals surface area contributed by atoms with Crippen molar-refractivity contribution < 1.29 is 8.42 Å². The topological polar surface area (TPSA) is 57.6 Å². The molecule has 6 nitrogen and oxygen atoms in total. The largest absolute Gasteiger partial charge is 0.353 e. The van der Waals surface area contributed by atoms with E-state index in [1.807, 2.05) is 19.3 Å². The lowest BCUT2D eigenvalue weighted by Crippen LogP contribution is -2.48. The van der Waals surface area contributed by atoms with Crippen molar-refractivity contribution in [3.05, 3.63) is 41.5 Å². The molecule has 0 bridgehead atoms. The zero-order chi connectivity index (χ0) is 17.2. The first kappa shape index (κ1) is 17.6. The molecule has 1 aliphatic rings. The van der Waals surface area contributed by atoms with E-state index < -0.39 is 10.0 Å². The molecule has 132 valence electrons. The minimum atomic E-state index is -3.44. The minimum Gasteiger partial charge on any atom is -0.353 e. The molecule has 2 aromatic heterocycles. The molecule has 1 atom stereocenters. The molecule has 0 aliphatic carbocycles. The van der Waals surface area contributed by atoms with Gasteiger partial charge in [0.2, 0.25) is 10.0 Å². The highest BCUT2D eigenvalue weighted by Gasteiger charge is 2.27. The van der Waals surface area contributed by atoms with Crippen LogP contribution >= 0.6 is 11.3 Å². The van der Waals surface area contributed by atoms with Crippen LogP contribution in [0.4, 0.5) is 0 Å². The molecule has 0 radical (unpaired) electrons. The Labute approximate surface area is 147 Å².